The molecule has 0 unspecified atom stereocenters. The average Bonchev–Trinajstić information content (AvgIpc) is 2.77. The van der Waals surface area contributed by atoms with Crippen LogP contribution in [0.15, 0.2) is 18.2 Å². The maximum absolute atomic E-state index is 12.5. The number of aryl methyl sites for hydroxylation is 3. The summed E-state index contributed by atoms with van der Waals surface area (Å²) < 4.78 is 1.40. The van der Waals surface area contributed by atoms with E-state index >= 15 is 0 Å². The maximum atomic E-state index is 12.5. The van der Waals surface area contributed by atoms with Crippen molar-refractivity contribution < 1.29 is 9.72 Å². The van der Waals surface area contributed by atoms with Crippen LogP contribution in [0.3, 0.4) is 0 Å². The molecule has 0 saturated heterocycles. The molecule has 0 fully saturated rings. The zero-order valence-corrected chi connectivity index (χ0v) is 13.9. The molecule has 1 aromatic carbocycles. The number of carbonyl (C=O) groups is 1. The Kier molecular flexibility index (Phi) is 4.49. The molecule has 0 aliphatic carbocycles. The quantitative estimate of drug-likeness (QED) is 0.692. The third-order valence-electron chi connectivity index (χ3n) is 3.87. The van der Waals surface area contributed by atoms with Crippen LogP contribution >= 0.6 is 0 Å². The fourth-order valence-corrected chi connectivity index (χ4v) is 2.51. The summed E-state index contributed by atoms with van der Waals surface area (Å²) in [5, 5.41) is 18.1. The number of amides is 1. The molecular weight excluding hydrogens is 296 g/mol. The number of aromatic nitrogens is 2. The van der Waals surface area contributed by atoms with Crippen LogP contribution in [0.1, 0.15) is 35.5 Å². The lowest BCUT2D eigenvalue weighted by molar-refractivity contribution is -0.386. The summed E-state index contributed by atoms with van der Waals surface area (Å²) in [5.41, 5.74) is 3.36. The first-order valence-corrected chi connectivity index (χ1v) is 7.30. The number of carbonyl (C=O) groups excluding carboxylic acids is 1. The molecule has 1 aromatic heterocycles. The van der Waals surface area contributed by atoms with Crippen molar-refractivity contribution in [3.63, 3.8) is 0 Å². The molecule has 0 aliphatic heterocycles. The van der Waals surface area contributed by atoms with Gasteiger partial charge in [0.2, 0.25) is 5.91 Å². The highest BCUT2D eigenvalue weighted by Gasteiger charge is 2.27. The van der Waals surface area contributed by atoms with Crippen molar-refractivity contribution in [1.29, 1.82) is 0 Å². The van der Waals surface area contributed by atoms with Gasteiger partial charge in [-0.2, -0.15) is 5.10 Å². The van der Waals surface area contributed by atoms with E-state index < -0.39 is 11.0 Å². The number of rotatable bonds is 4. The highest BCUT2D eigenvalue weighted by molar-refractivity contribution is 5.94. The molecule has 1 atom stereocenters. The van der Waals surface area contributed by atoms with Crippen LogP contribution in [0.4, 0.5) is 11.4 Å². The van der Waals surface area contributed by atoms with E-state index in [9.17, 15) is 14.9 Å². The summed E-state index contributed by atoms with van der Waals surface area (Å²) >= 11 is 0. The summed E-state index contributed by atoms with van der Waals surface area (Å²) in [5.74, 6) is -0.265. The van der Waals surface area contributed by atoms with Gasteiger partial charge in [0.25, 0.3) is 0 Å². The van der Waals surface area contributed by atoms with Gasteiger partial charge in [-0.15, -0.1) is 0 Å². The van der Waals surface area contributed by atoms with Gasteiger partial charge in [0.1, 0.15) is 17.4 Å². The van der Waals surface area contributed by atoms with Gasteiger partial charge in [-0.3, -0.25) is 19.6 Å². The van der Waals surface area contributed by atoms with Crippen molar-refractivity contribution in [1.82, 2.24) is 9.78 Å². The minimum Gasteiger partial charge on any atom is -0.324 e. The lowest BCUT2D eigenvalue weighted by Crippen LogP contribution is -2.25. The van der Waals surface area contributed by atoms with E-state index in [0.717, 1.165) is 16.8 Å². The SMILES string of the molecule is Cc1ccc(C)c(NC(=O)[C@@H](C)n2nc(C)c([N+](=O)[O-])c2C)c1. The second-order valence-electron chi connectivity index (χ2n) is 5.70. The number of benzene rings is 1. The Labute approximate surface area is 134 Å². The summed E-state index contributed by atoms with van der Waals surface area (Å²) in [7, 11) is 0. The fourth-order valence-electron chi connectivity index (χ4n) is 2.51. The molecule has 122 valence electrons. The molecule has 0 aliphatic rings. The molecule has 23 heavy (non-hydrogen) atoms. The first-order chi connectivity index (χ1) is 10.7. The van der Waals surface area contributed by atoms with Crippen molar-refractivity contribution in [2.45, 2.75) is 40.7 Å². The Morgan fingerprint density at radius 2 is 1.96 bits per heavy atom. The Bertz CT molecular complexity index is 780. The lowest BCUT2D eigenvalue weighted by Gasteiger charge is -2.15. The lowest BCUT2D eigenvalue weighted by atomic mass is 10.1. The standard InChI is InChI=1S/C16H20N4O3/c1-9-6-7-10(2)14(8-9)17-16(21)13(5)19-12(4)15(20(22)23)11(3)18-19/h6-8,13H,1-5H3,(H,17,21)/t13-/m1/s1. The molecule has 7 nitrogen and oxygen atoms in total. The van der Waals surface area contributed by atoms with E-state index in [2.05, 4.69) is 10.4 Å². The Hall–Kier alpha value is -2.70. The summed E-state index contributed by atoms with van der Waals surface area (Å²) in [4.78, 5) is 23.1. The number of nitro groups is 1. The van der Waals surface area contributed by atoms with Gasteiger partial charge in [0.15, 0.2) is 0 Å². The van der Waals surface area contributed by atoms with Crippen molar-refractivity contribution in [2.24, 2.45) is 0 Å². The number of hydrogen-bond acceptors (Lipinski definition) is 4. The van der Waals surface area contributed by atoms with E-state index in [4.69, 9.17) is 0 Å². The third kappa shape index (κ3) is 3.23. The van der Waals surface area contributed by atoms with Gasteiger partial charge in [-0.25, -0.2) is 0 Å². The van der Waals surface area contributed by atoms with Gasteiger partial charge in [0, 0.05) is 5.69 Å². The minimum absolute atomic E-state index is 0.0450. The third-order valence-corrected chi connectivity index (χ3v) is 3.87. The average molecular weight is 316 g/mol. The van der Waals surface area contributed by atoms with E-state index in [-0.39, 0.29) is 11.6 Å². The van der Waals surface area contributed by atoms with Crippen molar-refractivity contribution in [3.8, 4) is 0 Å². The molecule has 1 N–H and O–H groups in total. The van der Waals surface area contributed by atoms with E-state index in [1.165, 1.54) is 4.68 Å². The molecule has 0 saturated carbocycles. The zero-order valence-electron chi connectivity index (χ0n) is 13.9. The van der Waals surface area contributed by atoms with Crippen LogP contribution in [0.5, 0.6) is 0 Å². The highest BCUT2D eigenvalue weighted by Crippen LogP contribution is 2.25. The van der Waals surface area contributed by atoms with Gasteiger partial charge in [0.05, 0.1) is 4.92 Å². The predicted molar refractivity (Wildman–Crippen MR) is 87.6 cm³/mol. The molecule has 7 heteroatoms. The van der Waals surface area contributed by atoms with Crippen LogP contribution < -0.4 is 5.32 Å². The number of nitrogens with one attached hydrogen (secondary N) is 1. The molecular formula is C16H20N4O3. The van der Waals surface area contributed by atoms with Gasteiger partial charge < -0.3 is 5.32 Å². The molecule has 1 amide bonds. The van der Waals surface area contributed by atoms with Crippen molar-refractivity contribution in [2.75, 3.05) is 5.32 Å². The Balaban J connectivity index is 2.28. The van der Waals surface area contributed by atoms with Crippen LogP contribution in [-0.4, -0.2) is 20.6 Å². The van der Waals surface area contributed by atoms with Gasteiger partial charge in [-0.1, -0.05) is 12.1 Å². The van der Waals surface area contributed by atoms with Crippen LogP contribution in [0, 0.1) is 37.8 Å². The summed E-state index contributed by atoms with van der Waals surface area (Å²) in [6.07, 6.45) is 0. The van der Waals surface area contributed by atoms with Crippen LogP contribution in [-0.2, 0) is 4.79 Å². The Morgan fingerprint density at radius 1 is 1.30 bits per heavy atom. The normalized spacial score (nSPS) is 12.0. The second kappa shape index (κ2) is 6.20. The van der Waals surface area contributed by atoms with Crippen LogP contribution in [0.25, 0.3) is 0 Å². The smallest absolute Gasteiger partial charge is 0.312 e. The summed E-state index contributed by atoms with van der Waals surface area (Å²) in [6.45, 7) is 8.69. The summed E-state index contributed by atoms with van der Waals surface area (Å²) in [6, 6.07) is 5.15. The van der Waals surface area contributed by atoms with E-state index in [0.29, 0.717) is 11.4 Å². The van der Waals surface area contributed by atoms with Gasteiger partial charge >= 0.3 is 5.69 Å². The molecule has 2 rings (SSSR count). The first-order valence-electron chi connectivity index (χ1n) is 7.30. The predicted octanol–water partition coefficient (Wildman–Crippen LogP) is 3.22. The van der Waals surface area contributed by atoms with E-state index in [1.807, 2.05) is 32.0 Å². The molecule has 0 bridgehead atoms. The zero-order chi connectivity index (χ0) is 17.3. The van der Waals surface area contributed by atoms with E-state index in [1.54, 1.807) is 20.8 Å². The first kappa shape index (κ1) is 16.7. The number of anilines is 1. The highest BCUT2D eigenvalue weighted by atomic mass is 16.6. The number of nitrogens with zero attached hydrogens (tertiary/aromatic N) is 3. The topological polar surface area (TPSA) is 90.1 Å². The monoisotopic (exact) mass is 316 g/mol. The van der Waals surface area contributed by atoms with Gasteiger partial charge in [-0.05, 0) is 51.8 Å². The molecule has 1 heterocycles. The largest absolute Gasteiger partial charge is 0.324 e. The molecule has 0 spiro atoms. The fraction of sp³-hybridized carbons (Fsp3) is 0.375. The number of hydrogen-bond donors (Lipinski definition) is 1. The maximum Gasteiger partial charge on any atom is 0.312 e. The van der Waals surface area contributed by atoms with Crippen LogP contribution in [0.2, 0.25) is 0 Å². The second-order valence-corrected chi connectivity index (χ2v) is 5.70. The molecule has 0 radical (unpaired) electrons. The Morgan fingerprint density at radius 3 is 2.52 bits per heavy atom. The van der Waals surface area contributed by atoms with Crippen molar-refractivity contribution >= 4 is 17.3 Å². The molecule has 2 aromatic rings. The minimum atomic E-state index is -0.651. The van der Waals surface area contributed by atoms with Crippen molar-refractivity contribution in [3.05, 3.63) is 50.8 Å².